The van der Waals surface area contributed by atoms with Crippen molar-refractivity contribution in [3.05, 3.63) is 89.8 Å². The molecule has 2 atom stereocenters. The summed E-state index contributed by atoms with van der Waals surface area (Å²) in [5.74, 6) is 0.858. The number of nitrogens with one attached hydrogen (secondary N) is 2. The van der Waals surface area contributed by atoms with E-state index in [0.29, 0.717) is 37.0 Å². The van der Waals surface area contributed by atoms with Crippen LogP contribution in [0.1, 0.15) is 22.9 Å². The molecule has 0 saturated carbocycles. The lowest BCUT2D eigenvalue weighted by molar-refractivity contribution is 0.159. The summed E-state index contributed by atoms with van der Waals surface area (Å²) in [5, 5.41) is 11.0. The molecule has 0 spiro atoms. The van der Waals surface area contributed by atoms with E-state index in [1.54, 1.807) is 36.3 Å². The first-order chi connectivity index (χ1) is 18.9. The monoisotopic (exact) mass is 529 g/mol. The van der Waals surface area contributed by atoms with Gasteiger partial charge in [0.25, 0.3) is 0 Å². The van der Waals surface area contributed by atoms with E-state index in [9.17, 15) is 9.18 Å². The van der Waals surface area contributed by atoms with Gasteiger partial charge in [0, 0.05) is 56.2 Å². The van der Waals surface area contributed by atoms with Crippen molar-refractivity contribution in [1.82, 2.24) is 30.0 Å². The lowest BCUT2D eigenvalue weighted by atomic mass is 9.94. The summed E-state index contributed by atoms with van der Waals surface area (Å²) in [5.41, 5.74) is 3.88. The van der Waals surface area contributed by atoms with Gasteiger partial charge in [0.05, 0.1) is 18.3 Å². The molecule has 202 valence electrons. The Balaban J connectivity index is 1.42. The van der Waals surface area contributed by atoms with Crippen molar-refractivity contribution in [1.29, 1.82) is 0 Å². The number of hydrogen-bond acceptors (Lipinski definition) is 6. The molecule has 39 heavy (non-hydrogen) atoms. The Morgan fingerprint density at radius 2 is 1.85 bits per heavy atom. The number of carbonyl (C=O) groups is 1. The smallest absolute Gasteiger partial charge is 0.320 e. The number of para-hydroxylation sites is 1. The first-order valence-corrected chi connectivity index (χ1v) is 12.9. The van der Waals surface area contributed by atoms with Crippen LogP contribution in [0.25, 0.3) is 16.9 Å². The highest BCUT2D eigenvalue weighted by atomic mass is 19.1. The van der Waals surface area contributed by atoms with Crippen LogP contribution < -0.4 is 10.6 Å². The lowest BCUT2D eigenvalue weighted by Gasteiger charge is -2.21. The zero-order valence-corrected chi connectivity index (χ0v) is 22.3. The van der Waals surface area contributed by atoms with Crippen molar-refractivity contribution in [2.75, 3.05) is 38.7 Å². The van der Waals surface area contributed by atoms with Gasteiger partial charge >= 0.3 is 6.03 Å². The van der Waals surface area contributed by atoms with Crippen LogP contribution >= 0.6 is 0 Å². The average Bonchev–Trinajstić information content (AvgIpc) is 3.49. The quantitative estimate of drug-likeness (QED) is 0.353. The molecule has 2 aromatic carbocycles. The zero-order chi connectivity index (χ0) is 27.4. The molecule has 2 unspecified atom stereocenters. The SMILES string of the molecule is COCCN1CC(NC(=O)Nc2c(C)c(-c3cnc(C)nc3)nn2-c2ccccc2)C(c2cccc(F)c2)C1. The van der Waals surface area contributed by atoms with E-state index in [1.807, 2.05) is 50.2 Å². The Bertz CT molecular complexity index is 1430. The number of likely N-dealkylation sites (tertiary alicyclic amines) is 1. The molecule has 1 saturated heterocycles. The number of aromatic nitrogens is 4. The summed E-state index contributed by atoms with van der Waals surface area (Å²) in [4.78, 5) is 24.3. The maximum atomic E-state index is 14.1. The van der Waals surface area contributed by atoms with Gasteiger partial charge in [0.2, 0.25) is 0 Å². The van der Waals surface area contributed by atoms with Gasteiger partial charge in [0.15, 0.2) is 0 Å². The van der Waals surface area contributed by atoms with Crippen molar-refractivity contribution in [3.8, 4) is 16.9 Å². The third-order valence-corrected chi connectivity index (χ3v) is 7.01. The number of rotatable bonds is 8. The molecular weight excluding hydrogens is 497 g/mol. The number of anilines is 1. The summed E-state index contributed by atoms with van der Waals surface area (Å²) in [6.45, 7) is 6.36. The first kappa shape index (κ1) is 26.5. The van der Waals surface area contributed by atoms with Gasteiger partial charge in [-0.2, -0.15) is 5.10 Å². The number of halogens is 1. The molecule has 1 fully saturated rings. The van der Waals surface area contributed by atoms with Gasteiger partial charge in [-0.05, 0) is 43.7 Å². The van der Waals surface area contributed by atoms with Crippen molar-refractivity contribution >= 4 is 11.8 Å². The van der Waals surface area contributed by atoms with E-state index in [0.717, 1.165) is 28.9 Å². The molecule has 2 aromatic heterocycles. The number of benzene rings is 2. The number of carbonyl (C=O) groups excluding carboxylic acids is 1. The van der Waals surface area contributed by atoms with E-state index in [2.05, 4.69) is 25.5 Å². The molecule has 0 bridgehead atoms. The maximum absolute atomic E-state index is 14.1. The number of aryl methyl sites for hydroxylation is 1. The van der Waals surface area contributed by atoms with Crippen LogP contribution in [0.3, 0.4) is 0 Å². The molecule has 0 aliphatic carbocycles. The molecule has 3 heterocycles. The zero-order valence-electron chi connectivity index (χ0n) is 22.3. The maximum Gasteiger partial charge on any atom is 0.320 e. The van der Waals surface area contributed by atoms with Crippen LogP contribution in [-0.4, -0.2) is 70.1 Å². The first-order valence-electron chi connectivity index (χ1n) is 12.9. The molecular formula is C29H32FN7O2. The Hall–Kier alpha value is -4.15. The van der Waals surface area contributed by atoms with Gasteiger partial charge in [-0.3, -0.25) is 10.2 Å². The van der Waals surface area contributed by atoms with E-state index >= 15 is 0 Å². The fraction of sp³-hybridized carbons (Fsp3) is 0.310. The summed E-state index contributed by atoms with van der Waals surface area (Å²) in [6.07, 6.45) is 3.46. The number of nitrogens with zero attached hydrogens (tertiary/aromatic N) is 5. The number of ether oxygens (including phenoxy) is 1. The van der Waals surface area contributed by atoms with E-state index in [4.69, 9.17) is 9.84 Å². The number of hydrogen-bond donors (Lipinski definition) is 2. The van der Waals surface area contributed by atoms with Crippen LogP contribution in [0.4, 0.5) is 15.0 Å². The second kappa shape index (κ2) is 11.7. The number of amides is 2. The van der Waals surface area contributed by atoms with Gasteiger partial charge in [-0.1, -0.05) is 30.3 Å². The Morgan fingerprint density at radius 1 is 1.08 bits per heavy atom. The second-order valence-corrected chi connectivity index (χ2v) is 9.71. The summed E-state index contributed by atoms with van der Waals surface area (Å²) in [7, 11) is 1.67. The Morgan fingerprint density at radius 3 is 2.56 bits per heavy atom. The fourth-order valence-corrected chi connectivity index (χ4v) is 5.01. The predicted octanol–water partition coefficient (Wildman–Crippen LogP) is 4.32. The van der Waals surface area contributed by atoms with Crippen molar-refractivity contribution in [2.24, 2.45) is 0 Å². The molecule has 2 amide bonds. The molecule has 9 nitrogen and oxygen atoms in total. The van der Waals surface area contributed by atoms with Gasteiger partial charge in [0.1, 0.15) is 23.2 Å². The van der Waals surface area contributed by atoms with Crippen LogP contribution in [0.2, 0.25) is 0 Å². The number of urea groups is 1. The minimum absolute atomic E-state index is 0.0660. The fourth-order valence-electron chi connectivity index (χ4n) is 5.01. The van der Waals surface area contributed by atoms with Crippen molar-refractivity contribution in [2.45, 2.75) is 25.8 Å². The Kier molecular flexibility index (Phi) is 7.94. The highest BCUT2D eigenvalue weighted by Gasteiger charge is 2.35. The van der Waals surface area contributed by atoms with Crippen LogP contribution in [-0.2, 0) is 4.74 Å². The van der Waals surface area contributed by atoms with Gasteiger partial charge in [-0.25, -0.2) is 23.8 Å². The van der Waals surface area contributed by atoms with Gasteiger partial charge < -0.3 is 10.1 Å². The van der Waals surface area contributed by atoms with E-state index in [-0.39, 0.29) is 23.8 Å². The average molecular weight is 530 g/mol. The molecule has 5 rings (SSSR count). The highest BCUT2D eigenvalue weighted by molar-refractivity contribution is 5.91. The summed E-state index contributed by atoms with van der Waals surface area (Å²) >= 11 is 0. The molecule has 10 heteroatoms. The third kappa shape index (κ3) is 5.97. The molecule has 4 aromatic rings. The van der Waals surface area contributed by atoms with Crippen molar-refractivity contribution < 1.29 is 13.9 Å². The Labute approximate surface area is 227 Å². The highest BCUT2D eigenvalue weighted by Crippen LogP contribution is 2.31. The topological polar surface area (TPSA) is 97.2 Å². The van der Waals surface area contributed by atoms with Crippen molar-refractivity contribution in [3.63, 3.8) is 0 Å². The normalized spacial score (nSPS) is 17.3. The molecule has 1 aliphatic heterocycles. The minimum atomic E-state index is -0.359. The number of methoxy groups -OCH3 is 1. The lowest BCUT2D eigenvalue weighted by Crippen LogP contribution is -2.42. The third-order valence-electron chi connectivity index (χ3n) is 7.01. The predicted molar refractivity (Wildman–Crippen MR) is 147 cm³/mol. The van der Waals surface area contributed by atoms with Crippen LogP contribution in [0, 0.1) is 19.7 Å². The molecule has 1 aliphatic rings. The minimum Gasteiger partial charge on any atom is -0.383 e. The summed E-state index contributed by atoms with van der Waals surface area (Å²) < 4.78 is 21.0. The molecule has 2 N–H and O–H groups in total. The standard InChI is InChI=1S/C29H32FN7O2/c1-19-27(22-15-31-20(2)32-16-22)35-37(24-10-5-4-6-11-24)28(19)34-29(38)33-26-18-36(12-13-39-3)17-25(26)21-8-7-9-23(30)14-21/h4-11,14-16,25-26H,12-13,17-18H2,1-3H3,(H2,33,34,38). The molecule has 0 radical (unpaired) electrons. The van der Waals surface area contributed by atoms with E-state index in [1.165, 1.54) is 6.07 Å². The van der Waals surface area contributed by atoms with Crippen LogP contribution in [0.5, 0.6) is 0 Å². The summed E-state index contributed by atoms with van der Waals surface area (Å²) in [6, 6.07) is 15.6. The largest absolute Gasteiger partial charge is 0.383 e. The van der Waals surface area contributed by atoms with E-state index < -0.39 is 0 Å². The van der Waals surface area contributed by atoms with Crippen LogP contribution in [0.15, 0.2) is 67.0 Å². The second-order valence-electron chi connectivity index (χ2n) is 9.71. The van der Waals surface area contributed by atoms with Gasteiger partial charge in [-0.15, -0.1) is 0 Å².